The molecule has 1 amide bonds. The summed E-state index contributed by atoms with van der Waals surface area (Å²) in [7, 11) is 0. The summed E-state index contributed by atoms with van der Waals surface area (Å²) in [5, 5.41) is 3.49. The lowest BCUT2D eigenvalue weighted by Gasteiger charge is -2.35. The Bertz CT molecular complexity index is 494. The van der Waals surface area contributed by atoms with E-state index in [0.29, 0.717) is 13.1 Å². The number of hydrogen-bond acceptors (Lipinski definition) is 3. The number of carbonyl (C=O) groups excluding carboxylic acids is 1. The lowest BCUT2D eigenvalue weighted by atomic mass is 10.00. The first kappa shape index (κ1) is 15.8. The highest BCUT2D eigenvalue weighted by Crippen LogP contribution is 2.14. The number of nitrogens with zero attached hydrogens (tertiary/aromatic N) is 1. The molecule has 1 saturated heterocycles. The summed E-state index contributed by atoms with van der Waals surface area (Å²) in [6.45, 7) is 10.1. The van der Waals surface area contributed by atoms with Crippen molar-refractivity contribution in [1.29, 1.82) is 0 Å². The molecule has 1 aromatic rings. The van der Waals surface area contributed by atoms with Crippen molar-refractivity contribution in [2.75, 3.05) is 19.6 Å². The SMILES string of the molecule is Cc1ccccc1CC1CN(C(=O)OC(C)(C)C)CCN1. The smallest absolute Gasteiger partial charge is 0.410 e. The molecule has 1 aliphatic heterocycles. The third kappa shape index (κ3) is 4.74. The number of benzene rings is 1. The third-order valence-corrected chi connectivity index (χ3v) is 3.63. The van der Waals surface area contributed by atoms with Gasteiger partial charge in [-0.05, 0) is 45.2 Å². The monoisotopic (exact) mass is 290 g/mol. The Kier molecular flexibility index (Phi) is 4.88. The summed E-state index contributed by atoms with van der Waals surface area (Å²) in [6, 6.07) is 8.69. The first-order valence-electron chi connectivity index (χ1n) is 7.61. The van der Waals surface area contributed by atoms with Crippen LogP contribution in [0.2, 0.25) is 0 Å². The minimum absolute atomic E-state index is 0.209. The van der Waals surface area contributed by atoms with Crippen molar-refractivity contribution in [1.82, 2.24) is 10.2 Å². The predicted octanol–water partition coefficient (Wildman–Crippen LogP) is 2.75. The fraction of sp³-hybridized carbons (Fsp3) is 0.588. The summed E-state index contributed by atoms with van der Waals surface area (Å²) in [4.78, 5) is 14.0. The minimum Gasteiger partial charge on any atom is -0.444 e. The molecule has 1 fully saturated rings. The van der Waals surface area contributed by atoms with Crippen molar-refractivity contribution in [3.05, 3.63) is 35.4 Å². The Balaban J connectivity index is 1.95. The van der Waals surface area contributed by atoms with Crippen molar-refractivity contribution in [2.45, 2.75) is 45.8 Å². The van der Waals surface area contributed by atoms with E-state index in [1.807, 2.05) is 25.7 Å². The molecular formula is C17H26N2O2. The maximum Gasteiger partial charge on any atom is 0.410 e. The zero-order chi connectivity index (χ0) is 15.5. The van der Waals surface area contributed by atoms with Crippen LogP contribution in [0, 0.1) is 6.92 Å². The topological polar surface area (TPSA) is 41.6 Å². The Morgan fingerprint density at radius 3 is 2.76 bits per heavy atom. The van der Waals surface area contributed by atoms with Gasteiger partial charge in [0, 0.05) is 25.7 Å². The second kappa shape index (κ2) is 6.48. The van der Waals surface area contributed by atoms with Gasteiger partial charge >= 0.3 is 6.09 Å². The summed E-state index contributed by atoms with van der Waals surface area (Å²) in [6.07, 6.45) is 0.727. The minimum atomic E-state index is -0.437. The number of amides is 1. The van der Waals surface area contributed by atoms with Crippen molar-refractivity contribution in [3.8, 4) is 0 Å². The Morgan fingerprint density at radius 1 is 1.38 bits per heavy atom. The quantitative estimate of drug-likeness (QED) is 0.910. The second-order valence-electron chi connectivity index (χ2n) is 6.71. The highest BCUT2D eigenvalue weighted by Gasteiger charge is 2.27. The van der Waals surface area contributed by atoms with Gasteiger partial charge in [-0.2, -0.15) is 0 Å². The predicted molar refractivity (Wildman–Crippen MR) is 84.5 cm³/mol. The summed E-state index contributed by atoms with van der Waals surface area (Å²) in [5.41, 5.74) is 2.20. The maximum atomic E-state index is 12.2. The van der Waals surface area contributed by atoms with Crippen LogP contribution in [0.15, 0.2) is 24.3 Å². The molecule has 1 N–H and O–H groups in total. The number of carbonyl (C=O) groups is 1. The number of aryl methyl sites for hydroxylation is 1. The van der Waals surface area contributed by atoms with Crippen LogP contribution in [0.5, 0.6) is 0 Å². The van der Waals surface area contributed by atoms with Crippen molar-refractivity contribution >= 4 is 6.09 Å². The van der Waals surface area contributed by atoms with Gasteiger partial charge in [-0.25, -0.2) is 4.79 Å². The molecule has 4 nitrogen and oxygen atoms in total. The average molecular weight is 290 g/mol. The molecule has 0 radical (unpaired) electrons. The fourth-order valence-corrected chi connectivity index (χ4v) is 2.56. The van der Waals surface area contributed by atoms with Crippen molar-refractivity contribution < 1.29 is 9.53 Å². The van der Waals surface area contributed by atoms with Crippen LogP contribution in [0.25, 0.3) is 0 Å². The zero-order valence-electron chi connectivity index (χ0n) is 13.5. The van der Waals surface area contributed by atoms with E-state index in [1.54, 1.807) is 0 Å². The number of hydrogen-bond donors (Lipinski definition) is 1. The molecule has 0 spiro atoms. The number of rotatable bonds is 2. The van der Waals surface area contributed by atoms with E-state index in [2.05, 4.69) is 36.5 Å². The molecule has 1 heterocycles. The van der Waals surface area contributed by atoms with Gasteiger partial charge < -0.3 is 15.0 Å². The van der Waals surface area contributed by atoms with Gasteiger partial charge in [0.1, 0.15) is 5.60 Å². The third-order valence-electron chi connectivity index (χ3n) is 3.63. The molecule has 4 heteroatoms. The molecular weight excluding hydrogens is 264 g/mol. The van der Waals surface area contributed by atoms with E-state index in [0.717, 1.165) is 13.0 Å². The number of ether oxygens (including phenoxy) is 1. The van der Waals surface area contributed by atoms with Crippen LogP contribution in [-0.2, 0) is 11.2 Å². The summed E-state index contributed by atoms with van der Waals surface area (Å²) in [5.74, 6) is 0. The van der Waals surface area contributed by atoms with E-state index >= 15 is 0 Å². The first-order valence-corrected chi connectivity index (χ1v) is 7.61. The van der Waals surface area contributed by atoms with E-state index < -0.39 is 5.60 Å². The molecule has 21 heavy (non-hydrogen) atoms. The lowest BCUT2D eigenvalue weighted by molar-refractivity contribution is 0.0195. The molecule has 0 aromatic heterocycles. The molecule has 0 bridgehead atoms. The zero-order valence-corrected chi connectivity index (χ0v) is 13.5. The molecule has 116 valence electrons. The standard InChI is InChI=1S/C17H26N2O2/c1-13-7-5-6-8-14(13)11-15-12-19(10-9-18-15)16(20)21-17(2,3)4/h5-8,15,18H,9-12H2,1-4H3. The molecule has 1 unspecified atom stereocenters. The summed E-state index contributed by atoms with van der Waals surface area (Å²) < 4.78 is 5.46. The van der Waals surface area contributed by atoms with E-state index in [9.17, 15) is 4.79 Å². The Labute approximate surface area is 127 Å². The Hall–Kier alpha value is -1.55. The largest absolute Gasteiger partial charge is 0.444 e. The van der Waals surface area contributed by atoms with Gasteiger partial charge in [-0.15, -0.1) is 0 Å². The first-order chi connectivity index (χ1) is 9.85. The highest BCUT2D eigenvalue weighted by molar-refractivity contribution is 5.68. The number of piperazine rings is 1. The Morgan fingerprint density at radius 2 is 2.10 bits per heavy atom. The summed E-state index contributed by atoms with van der Waals surface area (Å²) >= 11 is 0. The van der Waals surface area contributed by atoms with Gasteiger partial charge in [-0.3, -0.25) is 0 Å². The van der Waals surface area contributed by atoms with Gasteiger partial charge in [0.15, 0.2) is 0 Å². The van der Waals surface area contributed by atoms with Crippen LogP contribution < -0.4 is 5.32 Å². The van der Waals surface area contributed by atoms with Crippen LogP contribution in [-0.4, -0.2) is 42.3 Å². The van der Waals surface area contributed by atoms with Crippen LogP contribution in [0.3, 0.4) is 0 Å². The number of nitrogens with one attached hydrogen (secondary N) is 1. The van der Waals surface area contributed by atoms with E-state index in [-0.39, 0.29) is 12.1 Å². The van der Waals surface area contributed by atoms with Crippen LogP contribution in [0.1, 0.15) is 31.9 Å². The van der Waals surface area contributed by atoms with Gasteiger partial charge in [0.25, 0.3) is 0 Å². The van der Waals surface area contributed by atoms with Crippen molar-refractivity contribution in [3.63, 3.8) is 0 Å². The van der Waals surface area contributed by atoms with Crippen LogP contribution >= 0.6 is 0 Å². The highest BCUT2D eigenvalue weighted by atomic mass is 16.6. The fourth-order valence-electron chi connectivity index (χ4n) is 2.56. The second-order valence-corrected chi connectivity index (χ2v) is 6.71. The van der Waals surface area contributed by atoms with E-state index in [4.69, 9.17) is 4.74 Å². The molecule has 0 aliphatic carbocycles. The average Bonchev–Trinajstić information content (AvgIpc) is 2.40. The van der Waals surface area contributed by atoms with Gasteiger partial charge in [-0.1, -0.05) is 24.3 Å². The normalized spacial score (nSPS) is 19.4. The molecule has 0 saturated carbocycles. The van der Waals surface area contributed by atoms with Gasteiger partial charge in [0.05, 0.1) is 0 Å². The molecule has 2 rings (SSSR count). The van der Waals surface area contributed by atoms with Gasteiger partial charge in [0.2, 0.25) is 0 Å². The van der Waals surface area contributed by atoms with E-state index in [1.165, 1.54) is 11.1 Å². The lowest BCUT2D eigenvalue weighted by Crippen LogP contribution is -2.54. The van der Waals surface area contributed by atoms with Crippen LogP contribution in [0.4, 0.5) is 4.79 Å². The van der Waals surface area contributed by atoms with Crippen molar-refractivity contribution in [2.24, 2.45) is 0 Å². The molecule has 1 aliphatic rings. The maximum absolute atomic E-state index is 12.2. The molecule has 1 atom stereocenters. The molecule has 1 aromatic carbocycles.